The molecule has 2 aliphatic rings. The topological polar surface area (TPSA) is 75.7 Å². The number of amides is 1. The fourth-order valence-corrected chi connectivity index (χ4v) is 3.65. The van der Waals surface area contributed by atoms with E-state index in [0.29, 0.717) is 24.6 Å². The summed E-state index contributed by atoms with van der Waals surface area (Å²) in [6.07, 6.45) is 3.02. The van der Waals surface area contributed by atoms with Crippen LogP contribution in [0, 0.1) is 5.92 Å². The number of benzene rings is 1. The van der Waals surface area contributed by atoms with Crippen molar-refractivity contribution >= 4 is 15.9 Å². The van der Waals surface area contributed by atoms with Crippen molar-refractivity contribution in [2.45, 2.75) is 30.2 Å². The predicted molar refractivity (Wildman–Crippen MR) is 85.7 cm³/mol. The van der Waals surface area contributed by atoms with Gasteiger partial charge in [0.1, 0.15) is 0 Å². The summed E-state index contributed by atoms with van der Waals surface area (Å²) in [7, 11) is -2.19. The number of hydrogen-bond donors (Lipinski definition) is 1. The van der Waals surface area contributed by atoms with Gasteiger partial charge in [0.15, 0.2) is 0 Å². The van der Waals surface area contributed by atoms with Crippen molar-refractivity contribution in [3.05, 3.63) is 29.8 Å². The number of carbonyl (C=O) groups is 1. The van der Waals surface area contributed by atoms with E-state index in [1.807, 2.05) is 4.90 Å². The monoisotopic (exact) mass is 338 g/mol. The first-order valence-electron chi connectivity index (χ1n) is 7.93. The molecule has 1 saturated heterocycles. The molecule has 7 heteroatoms. The number of hydrogen-bond acceptors (Lipinski definition) is 4. The molecule has 23 heavy (non-hydrogen) atoms. The number of carbonyl (C=O) groups excluding carboxylic acids is 1. The highest BCUT2D eigenvalue weighted by Crippen LogP contribution is 2.30. The van der Waals surface area contributed by atoms with Crippen LogP contribution in [0.25, 0.3) is 0 Å². The van der Waals surface area contributed by atoms with Crippen LogP contribution in [0.2, 0.25) is 0 Å². The Morgan fingerprint density at radius 3 is 2.74 bits per heavy atom. The van der Waals surface area contributed by atoms with Crippen LogP contribution in [0.3, 0.4) is 0 Å². The largest absolute Gasteiger partial charge is 0.381 e. The maximum atomic E-state index is 12.9. The average Bonchev–Trinajstić information content (AvgIpc) is 3.28. The molecular formula is C16H22N2O4S. The molecule has 2 fully saturated rings. The Morgan fingerprint density at radius 2 is 2.13 bits per heavy atom. The molecule has 0 aromatic heterocycles. The van der Waals surface area contributed by atoms with Gasteiger partial charge in [-0.2, -0.15) is 0 Å². The predicted octanol–water partition coefficient (Wildman–Crippen LogP) is 1.24. The van der Waals surface area contributed by atoms with Gasteiger partial charge >= 0.3 is 0 Å². The normalized spacial score (nSPS) is 21.3. The average molecular weight is 338 g/mol. The van der Waals surface area contributed by atoms with Crippen LogP contribution in [0.15, 0.2) is 29.2 Å². The number of nitrogens with zero attached hydrogens (tertiary/aromatic N) is 1. The van der Waals surface area contributed by atoms with E-state index in [-0.39, 0.29) is 16.8 Å². The summed E-state index contributed by atoms with van der Waals surface area (Å²) in [4.78, 5) is 14.9. The zero-order chi connectivity index (χ0) is 16.4. The van der Waals surface area contributed by atoms with Crippen LogP contribution < -0.4 is 4.72 Å². The van der Waals surface area contributed by atoms with Crippen LogP contribution >= 0.6 is 0 Å². The highest BCUT2D eigenvalue weighted by molar-refractivity contribution is 7.89. The number of nitrogens with one attached hydrogen (secondary N) is 1. The summed E-state index contributed by atoms with van der Waals surface area (Å²) >= 11 is 0. The van der Waals surface area contributed by atoms with Gasteiger partial charge in [0.2, 0.25) is 10.0 Å². The standard InChI is InChI=1S/C16H22N2O4S/c1-17-23(20,21)15-4-2-3-13(9-15)16(19)18(14-5-6-14)10-12-7-8-22-11-12/h2-4,9,12,14,17H,5-8,10-11H2,1H3. The van der Waals surface area contributed by atoms with Crippen LogP contribution in [0.5, 0.6) is 0 Å². The molecule has 1 heterocycles. The van der Waals surface area contributed by atoms with E-state index in [1.54, 1.807) is 12.1 Å². The first-order valence-corrected chi connectivity index (χ1v) is 9.42. The molecule has 1 saturated carbocycles. The Labute approximate surface area is 136 Å². The molecular weight excluding hydrogens is 316 g/mol. The fraction of sp³-hybridized carbons (Fsp3) is 0.562. The minimum atomic E-state index is -3.55. The van der Waals surface area contributed by atoms with Crippen LogP contribution in [0.1, 0.15) is 29.6 Å². The second-order valence-electron chi connectivity index (χ2n) is 6.15. The third-order valence-electron chi connectivity index (χ3n) is 4.39. The lowest BCUT2D eigenvalue weighted by molar-refractivity contribution is 0.0706. The Kier molecular flexibility index (Phi) is 4.70. The maximum Gasteiger partial charge on any atom is 0.254 e. The SMILES string of the molecule is CNS(=O)(=O)c1cccc(C(=O)N(CC2CCOC2)C2CC2)c1. The lowest BCUT2D eigenvalue weighted by Gasteiger charge is -2.25. The van der Waals surface area contributed by atoms with Gasteiger partial charge < -0.3 is 9.64 Å². The number of rotatable bonds is 6. The van der Waals surface area contributed by atoms with E-state index in [0.717, 1.165) is 25.9 Å². The minimum absolute atomic E-state index is 0.0902. The first-order chi connectivity index (χ1) is 11.0. The van der Waals surface area contributed by atoms with Crippen molar-refractivity contribution in [2.24, 2.45) is 5.92 Å². The van der Waals surface area contributed by atoms with E-state index in [2.05, 4.69) is 4.72 Å². The summed E-state index contributed by atoms with van der Waals surface area (Å²) in [5.74, 6) is 0.288. The van der Waals surface area contributed by atoms with E-state index >= 15 is 0 Å². The molecule has 1 atom stereocenters. The lowest BCUT2D eigenvalue weighted by atomic mass is 10.1. The van der Waals surface area contributed by atoms with Crippen molar-refractivity contribution in [3.63, 3.8) is 0 Å². The van der Waals surface area contributed by atoms with Gasteiger partial charge in [-0.25, -0.2) is 13.1 Å². The maximum absolute atomic E-state index is 12.9. The summed E-state index contributed by atoms with van der Waals surface area (Å²) in [5, 5.41) is 0. The first kappa shape index (κ1) is 16.4. The molecule has 1 aromatic rings. The van der Waals surface area contributed by atoms with E-state index in [4.69, 9.17) is 4.74 Å². The Balaban J connectivity index is 1.81. The molecule has 1 aliphatic heterocycles. The summed E-state index contributed by atoms with van der Waals surface area (Å²) in [5.41, 5.74) is 0.423. The smallest absolute Gasteiger partial charge is 0.254 e. The third kappa shape index (κ3) is 3.73. The summed E-state index contributed by atoms with van der Waals surface area (Å²) < 4.78 is 31.5. The van der Waals surface area contributed by atoms with Gasteiger partial charge in [-0.15, -0.1) is 0 Å². The Morgan fingerprint density at radius 1 is 1.35 bits per heavy atom. The molecule has 126 valence electrons. The molecule has 0 bridgehead atoms. The van der Waals surface area contributed by atoms with Crippen molar-refractivity contribution in [1.29, 1.82) is 0 Å². The second-order valence-corrected chi connectivity index (χ2v) is 8.04. The highest BCUT2D eigenvalue weighted by atomic mass is 32.2. The molecule has 0 spiro atoms. The number of ether oxygens (including phenoxy) is 1. The van der Waals surface area contributed by atoms with Crippen molar-refractivity contribution in [3.8, 4) is 0 Å². The van der Waals surface area contributed by atoms with E-state index in [1.165, 1.54) is 19.2 Å². The van der Waals surface area contributed by atoms with E-state index < -0.39 is 10.0 Å². The summed E-state index contributed by atoms with van der Waals surface area (Å²) in [6, 6.07) is 6.52. The van der Waals surface area contributed by atoms with E-state index in [9.17, 15) is 13.2 Å². The fourth-order valence-electron chi connectivity index (χ4n) is 2.87. The van der Waals surface area contributed by atoms with Crippen LogP contribution in [0.4, 0.5) is 0 Å². The van der Waals surface area contributed by atoms with Crippen LogP contribution in [-0.2, 0) is 14.8 Å². The zero-order valence-electron chi connectivity index (χ0n) is 13.2. The second kappa shape index (κ2) is 6.59. The van der Waals surface area contributed by atoms with Gasteiger partial charge in [0.05, 0.1) is 11.5 Å². The zero-order valence-corrected chi connectivity index (χ0v) is 14.0. The minimum Gasteiger partial charge on any atom is -0.381 e. The molecule has 1 unspecified atom stereocenters. The molecule has 1 aliphatic carbocycles. The molecule has 1 aromatic carbocycles. The molecule has 1 amide bonds. The molecule has 3 rings (SSSR count). The van der Waals surface area contributed by atoms with Gasteiger partial charge in [0, 0.05) is 30.7 Å². The Hall–Kier alpha value is -1.44. The lowest BCUT2D eigenvalue weighted by Crippen LogP contribution is -2.37. The van der Waals surface area contributed by atoms with Crippen molar-refractivity contribution < 1.29 is 17.9 Å². The van der Waals surface area contributed by atoms with Gasteiger partial charge in [-0.1, -0.05) is 6.07 Å². The molecule has 1 N–H and O–H groups in total. The van der Waals surface area contributed by atoms with Crippen molar-refractivity contribution in [2.75, 3.05) is 26.8 Å². The van der Waals surface area contributed by atoms with Gasteiger partial charge in [-0.3, -0.25) is 4.79 Å². The highest BCUT2D eigenvalue weighted by Gasteiger charge is 2.35. The molecule has 0 radical (unpaired) electrons. The van der Waals surface area contributed by atoms with Crippen molar-refractivity contribution in [1.82, 2.24) is 9.62 Å². The third-order valence-corrected chi connectivity index (χ3v) is 5.80. The Bertz CT molecular complexity index is 679. The van der Waals surface area contributed by atoms with Gasteiger partial charge in [0.25, 0.3) is 5.91 Å². The molecule has 6 nitrogen and oxygen atoms in total. The quantitative estimate of drug-likeness (QED) is 0.847. The van der Waals surface area contributed by atoms with Crippen LogP contribution in [-0.4, -0.2) is 52.1 Å². The number of sulfonamides is 1. The van der Waals surface area contributed by atoms with Gasteiger partial charge in [-0.05, 0) is 44.5 Å². The summed E-state index contributed by atoms with van der Waals surface area (Å²) in [6.45, 7) is 2.14.